The highest BCUT2D eigenvalue weighted by molar-refractivity contribution is 9.10. The van der Waals surface area contributed by atoms with Gasteiger partial charge in [0.2, 0.25) is 0 Å². The topological polar surface area (TPSA) is 86.7 Å². The van der Waals surface area contributed by atoms with Gasteiger partial charge >= 0.3 is 5.97 Å². The maximum Gasteiger partial charge on any atom is 0.338 e. The number of thiazole rings is 1. The van der Waals surface area contributed by atoms with Crippen LogP contribution in [0.2, 0.25) is 0 Å². The zero-order valence-electron chi connectivity index (χ0n) is 18.9. The summed E-state index contributed by atoms with van der Waals surface area (Å²) in [5, 5.41) is 0. The van der Waals surface area contributed by atoms with Gasteiger partial charge in [0.25, 0.3) is 5.56 Å². The van der Waals surface area contributed by atoms with E-state index in [0.717, 1.165) is 15.6 Å². The van der Waals surface area contributed by atoms with Crippen molar-refractivity contribution in [1.82, 2.24) is 9.55 Å². The van der Waals surface area contributed by atoms with E-state index in [2.05, 4.69) is 25.9 Å². The van der Waals surface area contributed by atoms with Crippen molar-refractivity contribution >= 4 is 39.3 Å². The van der Waals surface area contributed by atoms with Crippen LogP contribution in [-0.4, -0.2) is 22.1 Å². The van der Waals surface area contributed by atoms with Crippen molar-refractivity contribution in [1.29, 1.82) is 0 Å². The number of aromatic nitrogens is 2. The van der Waals surface area contributed by atoms with Crippen molar-refractivity contribution in [3.8, 4) is 11.3 Å². The molecule has 5 rings (SSSR count). The Morgan fingerprint density at radius 2 is 2.03 bits per heavy atom. The molecule has 0 saturated heterocycles. The number of nitrogens with zero attached hydrogens (tertiary/aromatic N) is 3. The van der Waals surface area contributed by atoms with Gasteiger partial charge in [0.1, 0.15) is 17.6 Å². The predicted molar refractivity (Wildman–Crippen MR) is 136 cm³/mol. The molecule has 4 aromatic rings. The van der Waals surface area contributed by atoms with Crippen molar-refractivity contribution in [2.75, 3.05) is 6.61 Å². The molecule has 0 radical (unpaired) electrons. The second kappa shape index (κ2) is 9.59. The Labute approximate surface area is 212 Å². The molecule has 1 aliphatic rings. The second-order valence-corrected chi connectivity index (χ2v) is 9.72. The van der Waals surface area contributed by atoms with Gasteiger partial charge in [0, 0.05) is 22.4 Å². The van der Waals surface area contributed by atoms with Gasteiger partial charge in [-0.25, -0.2) is 9.79 Å². The van der Waals surface area contributed by atoms with Gasteiger partial charge < -0.3 is 9.15 Å². The summed E-state index contributed by atoms with van der Waals surface area (Å²) < 4.78 is 14.5. The Bertz CT molecular complexity index is 1620. The first kappa shape index (κ1) is 23.2. The lowest BCUT2D eigenvalue weighted by molar-refractivity contribution is -0.139. The van der Waals surface area contributed by atoms with E-state index in [0.29, 0.717) is 26.6 Å². The number of furan rings is 1. The molecule has 3 aromatic heterocycles. The molecule has 0 bridgehead atoms. The Morgan fingerprint density at radius 1 is 1.23 bits per heavy atom. The minimum absolute atomic E-state index is 0.204. The number of allylic oxidation sites excluding steroid dienone is 1. The maximum absolute atomic E-state index is 13.6. The number of carbonyl (C=O) groups is 1. The molecule has 0 amide bonds. The van der Waals surface area contributed by atoms with E-state index in [4.69, 9.17) is 9.15 Å². The number of esters is 1. The van der Waals surface area contributed by atoms with Crippen LogP contribution in [-0.2, 0) is 9.53 Å². The number of rotatable bonds is 5. The molecule has 0 saturated carbocycles. The number of ether oxygens (including phenoxy) is 1. The first-order chi connectivity index (χ1) is 17.0. The number of hydrogen-bond acceptors (Lipinski definition) is 7. The maximum atomic E-state index is 13.6. The summed E-state index contributed by atoms with van der Waals surface area (Å²) in [6.07, 6.45) is 5.13. The Morgan fingerprint density at radius 3 is 2.74 bits per heavy atom. The largest absolute Gasteiger partial charge is 0.463 e. The molecule has 0 spiro atoms. The quantitative estimate of drug-likeness (QED) is 0.348. The molecule has 7 nitrogen and oxygen atoms in total. The van der Waals surface area contributed by atoms with Crippen molar-refractivity contribution in [3.05, 3.63) is 108 Å². The summed E-state index contributed by atoms with van der Waals surface area (Å²) in [5.74, 6) is 0.555. The molecule has 9 heteroatoms. The van der Waals surface area contributed by atoms with Gasteiger partial charge in [-0.3, -0.25) is 14.3 Å². The van der Waals surface area contributed by atoms with E-state index < -0.39 is 12.0 Å². The van der Waals surface area contributed by atoms with Crippen LogP contribution in [0.1, 0.15) is 31.2 Å². The first-order valence-electron chi connectivity index (χ1n) is 10.9. The Hall–Kier alpha value is -3.56. The zero-order valence-corrected chi connectivity index (χ0v) is 21.3. The summed E-state index contributed by atoms with van der Waals surface area (Å²) in [5.41, 5.74) is 2.18. The summed E-state index contributed by atoms with van der Waals surface area (Å²) >= 11 is 4.70. The van der Waals surface area contributed by atoms with Crippen LogP contribution in [0.3, 0.4) is 0 Å². The summed E-state index contributed by atoms with van der Waals surface area (Å²) in [7, 11) is 0. The summed E-state index contributed by atoms with van der Waals surface area (Å²) in [6.45, 7) is 3.69. The Balaban J connectivity index is 1.69. The average Bonchev–Trinajstić information content (AvgIpc) is 3.45. The molecule has 0 unspecified atom stereocenters. The van der Waals surface area contributed by atoms with E-state index in [-0.39, 0.29) is 17.7 Å². The molecule has 176 valence electrons. The van der Waals surface area contributed by atoms with Gasteiger partial charge in [-0.1, -0.05) is 45.5 Å². The van der Waals surface area contributed by atoms with Crippen LogP contribution >= 0.6 is 27.3 Å². The number of pyridine rings is 1. The molecule has 0 N–H and O–H groups in total. The van der Waals surface area contributed by atoms with E-state index in [1.165, 1.54) is 15.9 Å². The molecular formula is C26H20BrN3O4S. The number of benzene rings is 1. The first-order valence-corrected chi connectivity index (χ1v) is 12.5. The molecule has 4 heterocycles. The zero-order chi connectivity index (χ0) is 24.5. The lowest BCUT2D eigenvalue weighted by atomic mass is 10.0. The standard InChI is InChI=1S/C26H20BrN3O4S/c1-3-33-25(32)22-15(2)29-26-30(24(31)21(35-26)13-16-5-4-12-28-14-16)23(22)20-11-10-19(34-20)17-6-8-18(27)9-7-17/h4-14,23H,3H2,1-2H3/b21-13-/t23-/m1/s1. The average molecular weight is 550 g/mol. The van der Waals surface area contributed by atoms with Crippen LogP contribution < -0.4 is 14.9 Å². The highest BCUT2D eigenvalue weighted by atomic mass is 79.9. The smallest absolute Gasteiger partial charge is 0.338 e. The molecule has 0 fully saturated rings. The van der Waals surface area contributed by atoms with E-state index >= 15 is 0 Å². The fourth-order valence-corrected chi connectivity index (χ4v) is 5.25. The third kappa shape index (κ3) is 4.44. The third-order valence-corrected chi connectivity index (χ3v) is 7.04. The van der Waals surface area contributed by atoms with Crippen LogP contribution in [0.4, 0.5) is 0 Å². The highest BCUT2D eigenvalue weighted by Gasteiger charge is 2.35. The molecule has 1 aliphatic heterocycles. The number of halogens is 1. The van der Waals surface area contributed by atoms with Crippen molar-refractivity contribution in [2.24, 2.45) is 4.99 Å². The molecule has 1 aromatic carbocycles. The molecular weight excluding hydrogens is 530 g/mol. The third-order valence-electron chi connectivity index (χ3n) is 5.52. The predicted octanol–water partition coefficient (Wildman–Crippen LogP) is 4.22. The van der Waals surface area contributed by atoms with Crippen LogP contribution in [0, 0.1) is 0 Å². The SMILES string of the molecule is CCOC(=O)C1=C(C)N=c2s/c(=C\c3cccnc3)c(=O)n2[C@@H]1c1ccc(-c2ccc(Br)cc2)o1. The summed E-state index contributed by atoms with van der Waals surface area (Å²) in [6, 6.07) is 14.2. The fraction of sp³-hybridized carbons (Fsp3) is 0.154. The van der Waals surface area contributed by atoms with Gasteiger partial charge in [-0.05, 0) is 55.8 Å². The minimum atomic E-state index is -0.800. The molecule has 1 atom stereocenters. The van der Waals surface area contributed by atoms with Gasteiger partial charge in [0.05, 0.1) is 22.4 Å². The highest BCUT2D eigenvalue weighted by Crippen LogP contribution is 2.34. The number of hydrogen-bond donors (Lipinski definition) is 0. The van der Waals surface area contributed by atoms with Crippen LogP contribution in [0.15, 0.2) is 90.9 Å². The van der Waals surface area contributed by atoms with Crippen molar-refractivity contribution < 1.29 is 13.9 Å². The molecule has 0 aliphatic carbocycles. The molecule has 35 heavy (non-hydrogen) atoms. The van der Waals surface area contributed by atoms with E-state index in [9.17, 15) is 9.59 Å². The lowest BCUT2D eigenvalue weighted by Gasteiger charge is -2.22. The van der Waals surface area contributed by atoms with Crippen molar-refractivity contribution in [3.63, 3.8) is 0 Å². The Kier molecular flexibility index (Phi) is 6.36. The van der Waals surface area contributed by atoms with Crippen LogP contribution in [0.25, 0.3) is 17.4 Å². The fourth-order valence-electron chi connectivity index (χ4n) is 3.94. The number of fused-ring (bicyclic) bond motifs is 1. The van der Waals surface area contributed by atoms with Gasteiger partial charge in [-0.15, -0.1) is 0 Å². The normalized spacial score (nSPS) is 15.6. The van der Waals surface area contributed by atoms with Gasteiger partial charge in [0.15, 0.2) is 4.80 Å². The lowest BCUT2D eigenvalue weighted by Crippen LogP contribution is -2.39. The summed E-state index contributed by atoms with van der Waals surface area (Å²) in [4.78, 5) is 35.8. The minimum Gasteiger partial charge on any atom is -0.463 e. The second-order valence-electron chi connectivity index (χ2n) is 7.80. The monoisotopic (exact) mass is 549 g/mol. The van der Waals surface area contributed by atoms with E-state index in [1.54, 1.807) is 44.4 Å². The van der Waals surface area contributed by atoms with Crippen LogP contribution in [0.5, 0.6) is 0 Å². The van der Waals surface area contributed by atoms with Gasteiger partial charge in [-0.2, -0.15) is 0 Å². The van der Waals surface area contributed by atoms with E-state index in [1.807, 2.05) is 36.4 Å². The van der Waals surface area contributed by atoms with Crippen molar-refractivity contribution in [2.45, 2.75) is 19.9 Å². The number of carbonyl (C=O) groups excluding carboxylic acids is 1.